The van der Waals surface area contributed by atoms with Gasteiger partial charge in [0.15, 0.2) is 0 Å². The number of hydrogen-bond acceptors (Lipinski definition) is 4. The topological polar surface area (TPSA) is 52.6 Å². The van der Waals surface area contributed by atoms with Crippen molar-refractivity contribution in [2.45, 2.75) is 71.6 Å². The molecule has 0 heterocycles. The number of unbranched alkanes of at least 4 members (excludes halogenated alkanes) is 6. The van der Waals surface area contributed by atoms with Gasteiger partial charge in [0.2, 0.25) is 0 Å². The van der Waals surface area contributed by atoms with Crippen LogP contribution in [0.25, 0.3) is 11.1 Å². The Morgan fingerprint density at radius 1 is 0.677 bits per heavy atom. The van der Waals surface area contributed by atoms with Crippen molar-refractivity contribution in [1.29, 1.82) is 0 Å². The van der Waals surface area contributed by atoms with E-state index in [0.29, 0.717) is 30.8 Å². The second-order valence-corrected chi connectivity index (χ2v) is 8.31. The summed E-state index contributed by atoms with van der Waals surface area (Å²) in [7, 11) is 0. The van der Waals surface area contributed by atoms with Gasteiger partial charge in [0, 0.05) is 0 Å². The van der Waals surface area contributed by atoms with Crippen molar-refractivity contribution in [2.75, 3.05) is 13.2 Å². The molecule has 0 aliphatic heterocycles. The highest BCUT2D eigenvalue weighted by atomic mass is 16.5. The Hall–Kier alpha value is -2.62. The minimum Gasteiger partial charge on any atom is -0.462 e. The van der Waals surface area contributed by atoms with Crippen molar-refractivity contribution in [3.05, 3.63) is 58.7 Å². The summed E-state index contributed by atoms with van der Waals surface area (Å²) in [6.07, 6.45) is 9.38. The second-order valence-electron chi connectivity index (χ2n) is 8.31. The lowest BCUT2D eigenvalue weighted by Crippen LogP contribution is -2.07. The highest BCUT2D eigenvalue weighted by Crippen LogP contribution is 2.37. The van der Waals surface area contributed by atoms with Crippen LogP contribution in [0.4, 0.5) is 0 Å². The molecule has 3 rings (SSSR count). The predicted octanol–water partition coefficient (Wildman–Crippen LogP) is 6.73. The van der Waals surface area contributed by atoms with Gasteiger partial charge in [-0.25, -0.2) is 9.59 Å². The Balaban J connectivity index is 1.58. The average Bonchev–Trinajstić information content (AvgIpc) is 3.15. The fourth-order valence-electron chi connectivity index (χ4n) is 4.02. The molecule has 0 saturated heterocycles. The molecule has 2 aromatic carbocycles. The lowest BCUT2D eigenvalue weighted by molar-refractivity contribution is 0.0488. The molecule has 0 amide bonds. The SMILES string of the molecule is CCCCCCOC(=O)c1ccc2c(c1)Cc1cc(C(=O)OCCCCCC)ccc1-2. The third-order valence-corrected chi connectivity index (χ3v) is 5.82. The van der Waals surface area contributed by atoms with Crippen molar-refractivity contribution in [3.63, 3.8) is 0 Å². The zero-order chi connectivity index (χ0) is 22.1. The molecule has 0 fully saturated rings. The van der Waals surface area contributed by atoms with E-state index in [-0.39, 0.29) is 11.9 Å². The smallest absolute Gasteiger partial charge is 0.338 e. The van der Waals surface area contributed by atoms with Gasteiger partial charge in [0.1, 0.15) is 0 Å². The minimum atomic E-state index is -0.261. The summed E-state index contributed by atoms with van der Waals surface area (Å²) in [4.78, 5) is 24.8. The van der Waals surface area contributed by atoms with Crippen LogP contribution in [-0.2, 0) is 15.9 Å². The van der Waals surface area contributed by atoms with Gasteiger partial charge >= 0.3 is 11.9 Å². The largest absolute Gasteiger partial charge is 0.462 e. The fourth-order valence-corrected chi connectivity index (χ4v) is 4.02. The molecule has 0 N–H and O–H groups in total. The van der Waals surface area contributed by atoms with Crippen LogP contribution in [0.3, 0.4) is 0 Å². The van der Waals surface area contributed by atoms with Crippen molar-refractivity contribution < 1.29 is 19.1 Å². The number of carbonyl (C=O) groups is 2. The summed E-state index contributed by atoms with van der Waals surface area (Å²) in [6, 6.07) is 11.5. The van der Waals surface area contributed by atoms with Crippen molar-refractivity contribution in [3.8, 4) is 11.1 Å². The summed E-state index contributed by atoms with van der Waals surface area (Å²) < 4.78 is 10.8. The molecule has 1 aliphatic carbocycles. The lowest BCUT2D eigenvalue weighted by atomic mass is 10.0. The molecule has 0 unspecified atom stereocenters. The number of fused-ring (bicyclic) bond motifs is 3. The predicted molar refractivity (Wildman–Crippen MR) is 124 cm³/mol. The number of carbonyl (C=O) groups excluding carboxylic acids is 2. The second kappa shape index (κ2) is 11.7. The van der Waals surface area contributed by atoms with Crippen LogP contribution in [0.2, 0.25) is 0 Å². The van der Waals surface area contributed by atoms with E-state index in [2.05, 4.69) is 13.8 Å². The molecule has 0 saturated carbocycles. The molecule has 4 heteroatoms. The van der Waals surface area contributed by atoms with Gasteiger partial charge in [-0.1, -0.05) is 64.5 Å². The molecule has 31 heavy (non-hydrogen) atoms. The van der Waals surface area contributed by atoms with Crippen LogP contribution < -0.4 is 0 Å². The summed E-state index contributed by atoms with van der Waals surface area (Å²) in [5.41, 5.74) is 5.62. The molecule has 0 bridgehead atoms. The maximum absolute atomic E-state index is 12.4. The zero-order valence-electron chi connectivity index (χ0n) is 18.9. The van der Waals surface area contributed by atoms with Gasteiger partial charge in [0.25, 0.3) is 0 Å². The number of ether oxygens (including phenoxy) is 2. The molecular formula is C27H34O4. The highest BCUT2D eigenvalue weighted by Gasteiger charge is 2.22. The maximum atomic E-state index is 12.4. The van der Waals surface area contributed by atoms with E-state index in [9.17, 15) is 9.59 Å². The monoisotopic (exact) mass is 422 g/mol. The van der Waals surface area contributed by atoms with Gasteiger partial charge < -0.3 is 9.47 Å². The van der Waals surface area contributed by atoms with Crippen LogP contribution in [0.15, 0.2) is 36.4 Å². The van der Waals surface area contributed by atoms with Gasteiger partial charge in [-0.3, -0.25) is 0 Å². The van der Waals surface area contributed by atoms with Crippen LogP contribution >= 0.6 is 0 Å². The molecule has 0 aromatic heterocycles. The summed E-state index contributed by atoms with van der Waals surface area (Å²) in [6.45, 7) is 5.27. The molecule has 4 nitrogen and oxygen atoms in total. The Kier molecular flexibility index (Phi) is 8.69. The Morgan fingerprint density at radius 3 is 1.55 bits per heavy atom. The van der Waals surface area contributed by atoms with E-state index in [1.54, 1.807) is 0 Å². The van der Waals surface area contributed by atoms with Crippen molar-refractivity contribution in [2.24, 2.45) is 0 Å². The van der Waals surface area contributed by atoms with Crippen LogP contribution in [0, 0.1) is 0 Å². The number of rotatable bonds is 12. The van der Waals surface area contributed by atoms with Crippen LogP contribution in [0.5, 0.6) is 0 Å². The minimum absolute atomic E-state index is 0.261. The van der Waals surface area contributed by atoms with Gasteiger partial charge in [-0.05, 0) is 65.8 Å². The van der Waals surface area contributed by atoms with E-state index in [4.69, 9.17) is 9.47 Å². The normalized spacial score (nSPS) is 11.7. The number of esters is 2. The molecule has 0 atom stereocenters. The van der Waals surface area contributed by atoms with E-state index in [1.165, 1.54) is 12.8 Å². The van der Waals surface area contributed by atoms with Gasteiger partial charge in [-0.2, -0.15) is 0 Å². The van der Waals surface area contributed by atoms with Gasteiger partial charge in [-0.15, -0.1) is 0 Å². The van der Waals surface area contributed by atoms with E-state index < -0.39 is 0 Å². The Bertz CT molecular complexity index is 827. The third-order valence-electron chi connectivity index (χ3n) is 5.82. The molecule has 0 spiro atoms. The first-order chi connectivity index (χ1) is 15.1. The van der Waals surface area contributed by atoms with Crippen LogP contribution in [0.1, 0.15) is 97.1 Å². The number of hydrogen-bond donors (Lipinski definition) is 0. The standard InChI is InChI=1S/C27H34O4/c1-3-5-7-9-15-30-26(28)20-11-13-24-22(17-20)19-23-18-21(12-14-25(23)24)27(29)31-16-10-8-6-4-2/h11-14,17-18H,3-10,15-16,19H2,1-2H3. The molecule has 2 aromatic rings. The summed E-state index contributed by atoms with van der Waals surface area (Å²) >= 11 is 0. The molecule has 1 aliphatic rings. The quantitative estimate of drug-likeness (QED) is 0.240. The maximum Gasteiger partial charge on any atom is 0.338 e. The van der Waals surface area contributed by atoms with Crippen molar-refractivity contribution in [1.82, 2.24) is 0 Å². The molecule has 166 valence electrons. The van der Waals surface area contributed by atoms with Gasteiger partial charge in [0.05, 0.1) is 24.3 Å². The first-order valence-electron chi connectivity index (χ1n) is 11.7. The van der Waals surface area contributed by atoms with E-state index >= 15 is 0 Å². The number of benzene rings is 2. The summed E-state index contributed by atoms with van der Waals surface area (Å²) in [5.74, 6) is -0.523. The Labute approximate surface area is 186 Å². The first kappa shape index (κ1) is 23.1. The molecular weight excluding hydrogens is 388 g/mol. The third kappa shape index (κ3) is 6.19. The van der Waals surface area contributed by atoms with E-state index in [0.717, 1.165) is 60.8 Å². The van der Waals surface area contributed by atoms with Crippen molar-refractivity contribution >= 4 is 11.9 Å². The van der Waals surface area contributed by atoms with E-state index in [1.807, 2.05) is 36.4 Å². The lowest BCUT2D eigenvalue weighted by Gasteiger charge is -2.07. The highest BCUT2D eigenvalue weighted by molar-refractivity contribution is 5.93. The molecule has 0 radical (unpaired) electrons. The van der Waals surface area contributed by atoms with Crippen LogP contribution in [-0.4, -0.2) is 25.2 Å². The summed E-state index contributed by atoms with van der Waals surface area (Å²) in [5, 5.41) is 0. The fraction of sp³-hybridized carbons (Fsp3) is 0.481. The zero-order valence-corrected chi connectivity index (χ0v) is 18.9. The average molecular weight is 423 g/mol. The first-order valence-corrected chi connectivity index (χ1v) is 11.7. The Morgan fingerprint density at radius 2 is 1.13 bits per heavy atom.